The molecule has 0 atom stereocenters. The molecule has 132 valence electrons. The fourth-order valence-electron chi connectivity index (χ4n) is 1.97. The summed E-state index contributed by atoms with van der Waals surface area (Å²) < 4.78 is 23.7. The highest BCUT2D eigenvalue weighted by atomic mass is 35.5. The summed E-state index contributed by atoms with van der Waals surface area (Å²) in [7, 11) is 0. The van der Waals surface area contributed by atoms with Crippen molar-refractivity contribution in [1.82, 2.24) is 0 Å². The van der Waals surface area contributed by atoms with Crippen LogP contribution in [0.4, 0.5) is 10.1 Å². The number of halogens is 2. The van der Waals surface area contributed by atoms with Gasteiger partial charge in [0.05, 0.1) is 5.69 Å². The number of anilines is 1. The summed E-state index contributed by atoms with van der Waals surface area (Å²) in [6.07, 6.45) is 0. The van der Waals surface area contributed by atoms with Crippen LogP contribution in [0.1, 0.15) is 11.1 Å². The monoisotopic (exact) mass is 365 g/mol. The van der Waals surface area contributed by atoms with Crippen LogP contribution >= 0.6 is 11.6 Å². The van der Waals surface area contributed by atoms with Crippen molar-refractivity contribution < 1.29 is 23.5 Å². The number of aryl methyl sites for hydroxylation is 2. The van der Waals surface area contributed by atoms with Crippen molar-refractivity contribution in [3.63, 3.8) is 0 Å². The van der Waals surface area contributed by atoms with Crippen LogP contribution in [0.25, 0.3) is 0 Å². The second-order valence-corrected chi connectivity index (χ2v) is 5.83. The van der Waals surface area contributed by atoms with Gasteiger partial charge in [-0.2, -0.15) is 0 Å². The molecule has 0 bridgehead atoms. The Morgan fingerprint density at radius 2 is 1.88 bits per heavy atom. The molecular weight excluding hydrogens is 349 g/mol. The number of carbonyl (C=O) groups excluding carboxylic acids is 2. The molecule has 0 aliphatic rings. The first-order chi connectivity index (χ1) is 11.8. The van der Waals surface area contributed by atoms with Gasteiger partial charge in [-0.1, -0.05) is 23.7 Å². The molecule has 0 saturated carbocycles. The molecule has 0 aromatic heterocycles. The second-order valence-electron chi connectivity index (χ2n) is 5.39. The van der Waals surface area contributed by atoms with E-state index in [1.165, 1.54) is 12.1 Å². The molecule has 0 radical (unpaired) electrons. The van der Waals surface area contributed by atoms with E-state index >= 15 is 0 Å². The number of hydrogen-bond acceptors (Lipinski definition) is 4. The van der Waals surface area contributed by atoms with Crippen LogP contribution in [0.2, 0.25) is 5.02 Å². The predicted octanol–water partition coefficient (Wildman–Crippen LogP) is 3.66. The Kier molecular flexibility index (Phi) is 6.36. The van der Waals surface area contributed by atoms with Gasteiger partial charge in [0.15, 0.2) is 13.2 Å². The summed E-state index contributed by atoms with van der Waals surface area (Å²) in [5, 5.41) is 2.55. The standard InChI is InChI=1S/C18H17ClFNO4/c1-11-3-4-12(2)16(7-11)24-10-18(23)25-9-17(22)21-15-8-13(19)5-6-14(15)20/h3-8H,9-10H2,1-2H3,(H,21,22). The number of nitrogens with one attached hydrogen (secondary N) is 1. The highest BCUT2D eigenvalue weighted by Crippen LogP contribution is 2.20. The Bertz CT molecular complexity index is 795. The zero-order valence-electron chi connectivity index (χ0n) is 13.8. The maximum atomic E-state index is 13.5. The first-order valence-corrected chi connectivity index (χ1v) is 7.83. The molecular formula is C18H17ClFNO4. The van der Waals surface area contributed by atoms with Crippen molar-refractivity contribution in [2.75, 3.05) is 18.5 Å². The zero-order valence-corrected chi connectivity index (χ0v) is 14.5. The van der Waals surface area contributed by atoms with Gasteiger partial charge in [0.1, 0.15) is 11.6 Å². The first-order valence-electron chi connectivity index (χ1n) is 7.45. The van der Waals surface area contributed by atoms with Gasteiger partial charge >= 0.3 is 5.97 Å². The molecule has 0 aliphatic heterocycles. The summed E-state index contributed by atoms with van der Waals surface area (Å²) in [6, 6.07) is 9.36. The number of amides is 1. The smallest absolute Gasteiger partial charge is 0.344 e. The normalized spacial score (nSPS) is 10.2. The zero-order chi connectivity index (χ0) is 18.4. The minimum Gasteiger partial charge on any atom is -0.482 e. The lowest BCUT2D eigenvalue weighted by molar-refractivity contribution is -0.149. The molecule has 1 N–H and O–H groups in total. The first kappa shape index (κ1) is 18.7. The van der Waals surface area contributed by atoms with Gasteiger partial charge in [-0.05, 0) is 49.2 Å². The Balaban J connectivity index is 1.80. The summed E-state index contributed by atoms with van der Waals surface area (Å²) in [6.45, 7) is 2.88. The lowest BCUT2D eigenvalue weighted by atomic mass is 10.1. The van der Waals surface area contributed by atoms with Crippen molar-refractivity contribution >= 4 is 29.2 Å². The van der Waals surface area contributed by atoms with E-state index in [2.05, 4.69) is 5.32 Å². The lowest BCUT2D eigenvalue weighted by Gasteiger charge is -2.10. The molecule has 0 heterocycles. The Morgan fingerprint density at radius 3 is 2.64 bits per heavy atom. The van der Waals surface area contributed by atoms with Crippen molar-refractivity contribution in [2.24, 2.45) is 0 Å². The van der Waals surface area contributed by atoms with E-state index in [9.17, 15) is 14.0 Å². The molecule has 2 aromatic rings. The van der Waals surface area contributed by atoms with Gasteiger partial charge in [-0.3, -0.25) is 4.79 Å². The third-order valence-electron chi connectivity index (χ3n) is 3.26. The third-order valence-corrected chi connectivity index (χ3v) is 3.49. The number of hydrogen-bond donors (Lipinski definition) is 1. The number of carbonyl (C=O) groups is 2. The predicted molar refractivity (Wildman–Crippen MR) is 92.4 cm³/mol. The molecule has 0 fully saturated rings. The Labute approximate surface area is 149 Å². The maximum Gasteiger partial charge on any atom is 0.344 e. The van der Waals surface area contributed by atoms with E-state index in [1.807, 2.05) is 26.0 Å². The van der Waals surface area contributed by atoms with E-state index in [4.69, 9.17) is 21.1 Å². The quantitative estimate of drug-likeness (QED) is 0.793. The van der Waals surface area contributed by atoms with E-state index < -0.39 is 24.3 Å². The fourth-order valence-corrected chi connectivity index (χ4v) is 2.14. The van der Waals surface area contributed by atoms with Gasteiger partial charge in [0, 0.05) is 5.02 Å². The van der Waals surface area contributed by atoms with Crippen molar-refractivity contribution in [3.05, 3.63) is 58.4 Å². The minimum absolute atomic E-state index is 0.0832. The highest BCUT2D eigenvalue weighted by molar-refractivity contribution is 6.30. The molecule has 0 aliphatic carbocycles. The van der Waals surface area contributed by atoms with Gasteiger partial charge in [0.25, 0.3) is 5.91 Å². The van der Waals surface area contributed by atoms with E-state index in [-0.39, 0.29) is 17.3 Å². The van der Waals surface area contributed by atoms with Crippen LogP contribution in [0.15, 0.2) is 36.4 Å². The molecule has 2 aromatic carbocycles. The summed E-state index contributed by atoms with van der Waals surface area (Å²) >= 11 is 5.73. The van der Waals surface area contributed by atoms with E-state index in [1.54, 1.807) is 6.07 Å². The highest BCUT2D eigenvalue weighted by Gasteiger charge is 2.12. The Morgan fingerprint density at radius 1 is 1.12 bits per heavy atom. The third kappa shape index (κ3) is 5.76. The number of ether oxygens (including phenoxy) is 2. The van der Waals surface area contributed by atoms with Crippen LogP contribution in [0.5, 0.6) is 5.75 Å². The van der Waals surface area contributed by atoms with E-state index in [0.717, 1.165) is 17.2 Å². The Hall–Kier alpha value is -2.60. The van der Waals surface area contributed by atoms with Crippen LogP contribution < -0.4 is 10.1 Å². The van der Waals surface area contributed by atoms with Crippen LogP contribution in [-0.2, 0) is 14.3 Å². The lowest BCUT2D eigenvalue weighted by Crippen LogP contribution is -2.24. The van der Waals surface area contributed by atoms with Crippen LogP contribution in [0, 0.1) is 19.7 Å². The van der Waals surface area contributed by atoms with Crippen molar-refractivity contribution in [3.8, 4) is 5.75 Å². The second kappa shape index (κ2) is 8.48. The average molecular weight is 366 g/mol. The molecule has 5 nitrogen and oxygen atoms in total. The van der Waals surface area contributed by atoms with Gasteiger partial charge < -0.3 is 14.8 Å². The maximum absolute atomic E-state index is 13.5. The molecule has 0 saturated heterocycles. The average Bonchev–Trinajstić information content (AvgIpc) is 2.57. The van der Waals surface area contributed by atoms with Gasteiger partial charge in [-0.25, -0.2) is 9.18 Å². The van der Waals surface area contributed by atoms with Crippen molar-refractivity contribution in [1.29, 1.82) is 0 Å². The fraction of sp³-hybridized carbons (Fsp3) is 0.222. The summed E-state index contributed by atoms with van der Waals surface area (Å²) in [4.78, 5) is 23.4. The molecule has 0 spiro atoms. The largest absolute Gasteiger partial charge is 0.482 e. The molecule has 25 heavy (non-hydrogen) atoms. The van der Waals surface area contributed by atoms with Gasteiger partial charge in [0.2, 0.25) is 0 Å². The molecule has 2 rings (SSSR count). The van der Waals surface area contributed by atoms with Crippen LogP contribution in [-0.4, -0.2) is 25.1 Å². The summed E-state index contributed by atoms with van der Waals surface area (Å²) in [5.41, 5.74) is 1.80. The number of benzene rings is 2. The SMILES string of the molecule is Cc1ccc(C)c(OCC(=O)OCC(=O)Nc2cc(Cl)ccc2F)c1. The summed E-state index contributed by atoms with van der Waals surface area (Å²) in [5.74, 6) is -1.45. The van der Waals surface area contributed by atoms with Crippen LogP contribution in [0.3, 0.4) is 0 Å². The van der Waals surface area contributed by atoms with E-state index in [0.29, 0.717) is 5.75 Å². The van der Waals surface area contributed by atoms with Gasteiger partial charge in [-0.15, -0.1) is 0 Å². The number of esters is 1. The molecule has 0 unspecified atom stereocenters. The molecule has 1 amide bonds. The topological polar surface area (TPSA) is 64.6 Å². The molecule has 7 heteroatoms. The van der Waals surface area contributed by atoms with Crippen molar-refractivity contribution in [2.45, 2.75) is 13.8 Å². The minimum atomic E-state index is -0.706. The number of rotatable bonds is 6.